The van der Waals surface area contributed by atoms with E-state index in [1.807, 2.05) is 25.1 Å². The van der Waals surface area contributed by atoms with Crippen molar-refractivity contribution < 1.29 is 9.84 Å². The molecular weight excluding hydrogens is 326 g/mol. The first-order chi connectivity index (χ1) is 11.9. The molecule has 0 unspecified atom stereocenters. The zero-order valence-electron chi connectivity index (χ0n) is 13.9. The van der Waals surface area contributed by atoms with Crippen LogP contribution in [-0.4, -0.2) is 36.9 Å². The minimum Gasteiger partial charge on any atom is -0.491 e. The van der Waals surface area contributed by atoms with Gasteiger partial charge in [-0.1, -0.05) is 12.1 Å². The number of anilines is 1. The second kappa shape index (κ2) is 6.44. The van der Waals surface area contributed by atoms with Crippen LogP contribution in [0.5, 0.6) is 5.75 Å². The lowest BCUT2D eigenvalue weighted by atomic mass is 10.2. The van der Waals surface area contributed by atoms with Crippen molar-refractivity contribution in [3.63, 3.8) is 0 Å². The SMILES string of the molecule is Cc1cccc(OC[C@@H](O)Cn2c(N)nc3c2c(=O)[nH]c(=O)n3C)c1. The number of H-pyrrole nitrogens is 1. The summed E-state index contributed by atoms with van der Waals surface area (Å²) in [6, 6.07) is 7.45. The first-order valence-electron chi connectivity index (χ1n) is 7.69. The van der Waals surface area contributed by atoms with Crippen LogP contribution in [-0.2, 0) is 13.6 Å². The van der Waals surface area contributed by atoms with Crippen molar-refractivity contribution in [2.45, 2.75) is 19.6 Å². The molecule has 0 amide bonds. The van der Waals surface area contributed by atoms with Crippen molar-refractivity contribution in [1.82, 2.24) is 19.1 Å². The average molecular weight is 345 g/mol. The minimum absolute atomic E-state index is 0.00936. The summed E-state index contributed by atoms with van der Waals surface area (Å²) in [6.07, 6.45) is -0.920. The Morgan fingerprint density at radius 1 is 1.40 bits per heavy atom. The topological polar surface area (TPSA) is 128 Å². The Balaban J connectivity index is 1.83. The van der Waals surface area contributed by atoms with E-state index in [1.54, 1.807) is 6.07 Å². The van der Waals surface area contributed by atoms with Crippen LogP contribution in [0.25, 0.3) is 11.2 Å². The van der Waals surface area contributed by atoms with Gasteiger partial charge in [-0.25, -0.2) is 4.79 Å². The number of aryl methyl sites for hydroxylation is 2. The number of aliphatic hydroxyl groups excluding tert-OH is 1. The highest BCUT2D eigenvalue weighted by molar-refractivity contribution is 5.73. The van der Waals surface area contributed by atoms with E-state index in [2.05, 4.69) is 9.97 Å². The normalized spacial score (nSPS) is 12.4. The molecule has 0 spiro atoms. The van der Waals surface area contributed by atoms with Crippen molar-refractivity contribution in [3.8, 4) is 5.75 Å². The molecule has 1 atom stereocenters. The van der Waals surface area contributed by atoms with E-state index >= 15 is 0 Å². The highest BCUT2D eigenvalue weighted by atomic mass is 16.5. The fourth-order valence-electron chi connectivity index (χ4n) is 2.60. The maximum Gasteiger partial charge on any atom is 0.329 e. The highest BCUT2D eigenvalue weighted by Gasteiger charge is 2.18. The lowest BCUT2D eigenvalue weighted by Gasteiger charge is -2.14. The van der Waals surface area contributed by atoms with Crippen LogP contribution in [0.1, 0.15) is 5.56 Å². The van der Waals surface area contributed by atoms with Crippen molar-refractivity contribution >= 4 is 17.1 Å². The van der Waals surface area contributed by atoms with Gasteiger partial charge in [0.25, 0.3) is 5.56 Å². The third-order valence-electron chi connectivity index (χ3n) is 3.86. The third kappa shape index (κ3) is 3.26. The van der Waals surface area contributed by atoms with Crippen LogP contribution in [0.4, 0.5) is 5.95 Å². The second-order valence-corrected chi connectivity index (χ2v) is 5.85. The number of nitrogens with two attached hydrogens (primary N) is 1. The smallest absolute Gasteiger partial charge is 0.329 e. The standard InChI is InChI=1S/C16H19N5O4/c1-9-4-3-5-11(6-9)25-8-10(22)7-21-12-13(18-15(21)17)20(2)16(24)19-14(12)23/h3-6,10,22H,7-8H2,1-2H3,(H2,17,18)(H,19,23,24)/t10-/m0/s1. The molecule has 2 aromatic heterocycles. The van der Waals surface area contributed by atoms with Gasteiger partial charge in [0.2, 0.25) is 5.95 Å². The van der Waals surface area contributed by atoms with Gasteiger partial charge in [0, 0.05) is 7.05 Å². The quantitative estimate of drug-likeness (QED) is 0.585. The van der Waals surface area contributed by atoms with E-state index in [1.165, 1.54) is 16.2 Å². The van der Waals surface area contributed by atoms with E-state index in [4.69, 9.17) is 10.5 Å². The number of hydrogen-bond donors (Lipinski definition) is 3. The fourth-order valence-corrected chi connectivity index (χ4v) is 2.60. The van der Waals surface area contributed by atoms with Gasteiger partial charge < -0.3 is 20.1 Å². The van der Waals surface area contributed by atoms with Gasteiger partial charge in [-0.15, -0.1) is 0 Å². The van der Waals surface area contributed by atoms with Crippen LogP contribution >= 0.6 is 0 Å². The zero-order valence-corrected chi connectivity index (χ0v) is 13.9. The number of benzene rings is 1. The van der Waals surface area contributed by atoms with Gasteiger partial charge in [-0.05, 0) is 24.6 Å². The number of nitrogen functional groups attached to an aromatic ring is 1. The Bertz CT molecular complexity index is 1030. The maximum atomic E-state index is 12.1. The summed E-state index contributed by atoms with van der Waals surface area (Å²) in [5.74, 6) is 0.680. The van der Waals surface area contributed by atoms with Gasteiger partial charge in [0.1, 0.15) is 18.5 Å². The summed E-state index contributed by atoms with van der Waals surface area (Å²) in [4.78, 5) is 30.0. The summed E-state index contributed by atoms with van der Waals surface area (Å²) < 4.78 is 8.12. The summed E-state index contributed by atoms with van der Waals surface area (Å²) in [5.41, 5.74) is 6.01. The number of imidazole rings is 1. The number of nitrogens with one attached hydrogen (secondary N) is 1. The molecule has 9 heteroatoms. The molecule has 9 nitrogen and oxygen atoms in total. The van der Waals surface area contributed by atoms with Gasteiger partial charge in [0.15, 0.2) is 11.2 Å². The molecule has 132 valence electrons. The first kappa shape index (κ1) is 16.8. The predicted octanol–water partition coefficient (Wildman–Crippen LogP) is -0.246. The zero-order chi connectivity index (χ0) is 18.1. The summed E-state index contributed by atoms with van der Waals surface area (Å²) >= 11 is 0. The molecular formula is C16H19N5O4. The van der Waals surface area contributed by atoms with Crippen molar-refractivity contribution in [2.75, 3.05) is 12.3 Å². The number of aliphatic hydroxyl groups is 1. The van der Waals surface area contributed by atoms with E-state index in [0.717, 1.165) is 5.56 Å². The molecule has 0 aliphatic carbocycles. The second-order valence-electron chi connectivity index (χ2n) is 5.85. The fraction of sp³-hybridized carbons (Fsp3) is 0.312. The minimum atomic E-state index is -0.920. The molecule has 0 saturated heterocycles. The lowest BCUT2D eigenvalue weighted by molar-refractivity contribution is 0.0938. The Morgan fingerprint density at radius 2 is 2.16 bits per heavy atom. The molecule has 0 fully saturated rings. The van der Waals surface area contributed by atoms with E-state index < -0.39 is 17.4 Å². The van der Waals surface area contributed by atoms with Crippen LogP contribution in [0.3, 0.4) is 0 Å². The number of ether oxygens (including phenoxy) is 1. The predicted molar refractivity (Wildman–Crippen MR) is 92.7 cm³/mol. The Kier molecular flexibility index (Phi) is 4.32. The van der Waals surface area contributed by atoms with Gasteiger partial charge >= 0.3 is 5.69 Å². The highest BCUT2D eigenvalue weighted by Crippen LogP contribution is 2.15. The number of nitrogens with zero attached hydrogens (tertiary/aromatic N) is 3. The Morgan fingerprint density at radius 3 is 2.88 bits per heavy atom. The monoisotopic (exact) mass is 345 g/mol. The molecule has 3 aromatic rings. The first-order valence-corrected chi connectivity index (χ1v) is 7.69. The maximum absolute atomic E-state index is 12.1. The van der Waals surface area contributed by atoms with Crippen molar-refractivity contribution in [2.24, 2.45) is 7.05 Å². The molecule has 0 aliphatic rings. The molecule has 0 bridgehead atoms. The van der Waals surface area contributed by atoms with E-state index in [0.29, 0.717) is 5.75 Å². The summed E-state index contributed by atoms with van der Waals surface area (Å²) in [5, 5.41) is 10.2. The van der Waals surface area contributed by atoms with Crippen molar-refractivity contribution in [3.05, 3.63) is 50.7 Å². The molecule has 4 N–H and O–H groups in total. The molecule has 0 aliphatic heterocycles. The molecule has 1 aromatic carbocycles. The number of rotatable bonds is 5. The molecule has 3 rings (SSSR count). The Labute approximate surface area is 142 Å². The van der Waals surface area contributed by atoms with Crippen LogP contribution < -0.4 is 21.7 Å². The van der Waals surface area contributed by atoms with Crippen LogP contribution in [0.2, 0.25) is 0 Å². The number of fused-ring (bicyclic) bond motifs is 1. The molecule has 25 heavy (non-hydrogen) atoms. The molecule has 2 heterocycles. The molecule has 0 saturated carbocycles. The van der Waals surface area contributed by atoms with Gasteiger partial charge in [0.05, 0.1) is 6.54 Å². The van der Waals surface area contributed by atoms with Gasteiger partial charge in [-0.2, -0.15) is 4.98 Å². The number of aromatic amines is 1. The largest absolute Gasteiger partial charge is 0.491 e. The van der Waals surface area contributed by atoms with E-state index in [9.17, 15) is 14.7 Å². The lowest BCUT2D eigenvalue weighted by Crippen LogP contribution is -2.30. The van der Waals surface area contributed by atoms with Crippen LogP contribution in [0, 0.1) is 6.92 Å². The Hall–Kier alpha value is -3.07. The van der Waals surface area contributed by atoms with Crippen molar-refractivity contribution in [1.29, 1.82) is 0 Å². The summed E-state index contributed by atoms with van der Waals surface area (Å²) in [6.45, 7) is 1.97. The van der Waals surface area contributed by atoms with E-state index in [-0.39, 0.29) is 30.3 Å². The number of aromatic nitrogens is 4. The average Bonchev–Trinajstić information content (AvgIpc) is 2.88. The molecule has 0 radical (unpaired) electrons. The van der Waals surface area contributed by atoms with Crippen LogP contribution in [0.15, 0.2) is 33.9 Å². The third-order valence-corrected chi connectivity index (χ3v) is 3.86. The number of hydrogen-bond acceptors (Lipinski definition) is 6. The summed E-state index contributed by atoms with van der Waals surface area (Å²) in [7, 11) is 1.48. The van der Waals surface area contributed by atoms with Gasteiger partial charge in [-0.3, -0.25) is 14.3 Å².